The third kappa shape index (κ3) is 2.87. The molecule has 120 valence electrons. The number of sulfonamides is 1. The fraction of sp³-hybridized carbons (Fsp3) is 0.538. The van der Waals surface area contributed by atoms with Crippen LogP contribution in [0.5, 0.6) is 0 Å². The Morgan fingerprint density at radius 2 is 1.95 bits per heavy atom. The Morgan fingerprint density at radius 3 is 2.45 bits per heavy atom. The van der Waals surface area contributed by atoms with Crippen LogP contribution in [0.4, 0.5) is 0 Å². The zero-order valence-corrected chi connectivity index (χ0v) is 13.9. The lowest BCUT2D eigenvalue weighted by atomic mass is 10.0. The number of hydrogen-bond donors (Lipinski definition) is 1. The molecule has 1 N–H and O–H groups in total. The van der Waals surface area contributed by atoms with Crippen LogP contribution in [0.1, 0.15) is 18.7 Å². The molecule has 2 heterocycles. The molecule has 0 atom stereocenters. The molecule has 0 unspecified atom stereocenters. The van der Waals surface area contributed by atoms with Gasteiger partial charge in [0.25, 0.3) is 0 Å². The van der Waals surface area contributed by atoms with E-state index in [1.807, 2.05) is 6.07 Å². The number of carboxylic acid groups (broad SMARTS) is 1. The minimum absolute atomic E-state index is 0.0333. The summed E-state index contributed by atoms with van der Waals surface area (Å²) in [6.45, 7) is 4.30. The molecule has 0 spiro atoms. The number of piperazine rings is 1. The molecule has 1 aromatic rings. The molecule has 2 rings (SSSR count). The van der Waals surface area contributed by atoms with Gasteiger partial charge in [-0.05, 0) is 25.3 Å². The van der Waals surface area contributed by atoms with Crippen molar-refractivity contribution in [2.45, 2.75) is 24.3 Å². The molecule has 22 heavy (non-hydrogen) atoms. The maximum atomic E-state index is 12.6. The van der Waals surface area contributed by atoms with E-state index in [-0.39, 0.29) is 22.9 Å². The quantitative estimate of drug-likeness (QED) is 0.867. The van der Waals surface area contributed by atoms with E-state index >= 15 is 0 Å². The number of thiophene rings is 1. The monoisotopic (exact) mass is 343 g/mol. The van der Waals surface area contributed by atoms with Crippen molar-refractivity contribution in [1.29, 1.82) is 5.26 Å². The standard InChI is InChI=1S/C13H17N3O4S2/c1-13(2,12(17)18)15-4-6-16(7-5-15)22(19,20)11-3-8-21-10(11)9-14/h3,8H,4-7H2,1-2H3,(H,17,18). The minimum Gasteiger partial charge on any atom is -0.480 e. The van der Waals surface area contributed by atoms with Crippen LogP contribution in [-0.4, -0.2) is 60.4 Å². The third-order valence-corrected chi connectivity index (χ3v) is 6.79. The van der Waals surface area contributed by atoms with Gasteiger partial charge in [0, 0.05) is 26.2 Å². The Kier molecular flexibility index (Phi) is 4.58. The normalized spacial score (nSPS) is 18.0. The van der Waals surface area contributed by atoms with Crippen molar-refractivity contribution in [2.24, 2.45) is 0 Å². The summed E-state index contributed by atoms with van der Waals surface area (Å²) in [6, 6.07) is 3.33. The van der Waals surface area contributed by atoms with E-state index in [0.29, 0.717) is 13.1 Å². The Bertz CT molecular complexity index is 710. The van der Waals surface area contributed by atoms with Crippen LogP contribution in [0, 0.1) is 11.3 Å². The van der Waals surface area contributed by atoms with Gasteiger partial charge in [0.2, 0.25) is 10.0 Å². The predicted octanol–water partition coefficient (Wildman–Crippen LogP) is 0.789. The summed E-state index contributed by atoms with van der Waals surface area (Å²) in [6.07, 6.45) is 0. The Labute approximate surface area is 133 Å². The number of carbonyl (C=O) groups is 1. The first kappa shape index (κ1) is 16.9. The van der Waals surface area contributed by atoms with Crippen LogP contribution in [0.15, 0.2) is 16.3 Å². The zero-order chi connectivity index (χ0) is 16.5. The number of rotatable bonds is 4. The first-order valence-electron chi connectivity index (χ1n) is 6.67. The molecular weight excluding hydrogens is 326 g/mol. The van der Waals surface area contributed by atoms with Gasteiger partial charge >= 0.3 is 5.97 Å². The molecule has 1 aliphatic heterocycles. The van der Waals surface area contributed by atoms with E-state index in [1.54, 1.807) is 24.1 Å². The SMILES string of the molecule is CC(C)(C(=O)O)N1CCN(S(=O)(=O)c2ccsc2C#N)CC1. The maximum Gasteiger partial charge on any atom is 0.323 e. The molecule has 1 fully saturated rings. The van der Waals surface area contributed by atoms with E-state index in [4.69, 9.17) is 5.26 Å². The summed E-state index contributed by atoms with van der Waals surface area (Å²) in [7, 11) is -3.70. The second kappa shape index (κ2) is 5.96. The molecule has 7 nitrogen and oxygen atoms in total. The average molecular weight is 343 g/mol. The topological polar surface area (TPSA) is 102 Å². The lowest BCUT2D eigenvalue weighted by molar-refractivity contribution is -0.150. The van der Waals surface area contributed by atoms with Gasteiger partial charge in [-0.25, -0.2) is 8.42 Å². The van der Waals surface area contributed by atoms with Gasteiger partial charge in [-0.3, -0.25) is 9.69 Å². The molecule has 0 aromatic carbocycles. The Morgan fingerprint density at radius 1 is 1.36 bits per heavy atom. The van der Waals surface area contributed by atoms with Crippen LogP contribution in [0.25, 0.3) is 0 Å². The van der Waals surface area contributed by atoms with Crippen molar-refractivity contribution >= 4 is 27.3 Å². The third-order valence-electron chi connectivity index (χ3n) is 3.90. The lowest BCUT2D eigenvalue weighted by Crippen LogP contribution is -2.58. The van der Waals surface area contributed by atoms with Crippen LogP contribution in [0.2, 0.25) is 0 Å². The van der Waals surface area contributed by atoms with Crippen LogP contribution >= 0.6 is 11.3 Å². The van der Waals surface area contributed by atoms with Crippen molar-refractivity contribution in [2.75, 3.05) is 26.2 Å². The van der Waals surface area contributed by atoms with Crippen LogP contribution in [-0.2, 0) is 14.8 Å². The van der Waals surface area contributed by atoms with Gasteiger partial charge in [0.05, 0.1) is 0 Å². The number of nitrogens with zero attached hydrogens (tertiary/aromatic N) is 3. The van der Waals surface area contributed by atoms with Crippen molar-refractivity contribution in [3.8, 4) is 6.07 Å². The maximum absolute atomic E-state index is 12.6. The minimum atomic E-state index is -3.70. The zero-order valence-electron chi connectivity index (χ0n) is 12.3. The smallest absolute Gasteiger partial charge is 0.323 e. The summed E-state index contributed by atoms with van der Waals surface area (Å²) in [5, 5.41) is 19.8. The molecule has 0 bridgehead atoms. The van der Waals surface area contributed by atoms with Crippen molar-refractivity contribution in [1.82, 2.24) is 9.21 Å². The van der Waals surface area contributed by atoms with Crippen LogP contribution in [0.3, 0.4) is 0 Å². The summed E-state index contributed by atoms with van der Waals surface area (Å²) in [4.78, 5) is 13.2. The molecule has 0 amide bonds. The summed E-state index contributed by atoms with van der Waals surface area (Å²) in [5.41, 5.74) is -1.03. The number of nitriles is 1. The second-order valence-corrected chi connectivity index (χ2v) is 8.30. The van der Waals surface area contributed by atoms with Crippen molar-refractivity contribution in [3.05, 3.63) is 16.3 Å². The first-order valence-corrected chi connectivity index (χ1v) is 8.99. The molecule has 1 saturated heterocycles. The highest BCUT2D eigenvalue weighted by Crippen LogP contribution is 2.26. The van der Waals surface area contributed by atoms with E-state index in [1.165, 1.54) is 10.4 Å². The molecule has 0 aliphatic carbocycles. The fourth-order valence-corrected chi connectivity index (χ4v) is 4.91. The molecule has 0 radical (unpaired) electrons. The van der Waals surface area contributed by atoms with Gasteiger partial charge in [0.15, 0.2) is 0 Å². The van der Waals surface area contributed by atoms with Gasteiger partial charge in [-0.1, -0.05) is 0 Å². The van der Waals surface area contributed by atoms with E-state index in [2.05, 4.69) is 0 Å². The molecule has 1 aliphatic rings. The lowest BCUT2D eigenvalue weighted by Gasteiger charge is -2.41. The van der Waals surface area contributed by atoms with E-state index in [9.17, 15) is 18.3 Å². The molecule has 1 aromatic heterocycles. The number of aliphatic carboxylic acids is 1. The van der Waals surface area contributed by atoms with Gasteiger partial charge in [0.1, 0.15) is 21.4 Å². The fourth-order valence-electron chi connectivity index (χ4n) is 2.34. The summed E-state index contributed by atoms with van der Waals surface area (Å²) >= 11 is 1.09. The number of carboxylic acids is 1. The molecular formula is C13H17N3O4S2. The predicted molar refractivity (Wildman–Crippen MR) is 81.1 cm³/mol. The summed E-state index contributed by atoms with van der Waals surface area (Å²) in [5.74, 6) is -0.937. The van der Waals surface area contributed by atoms with E-state index in [0.717, 1.165) is 11.3 Å². The van der Waals surface area contributed by atoms with Gasteiger partial charge in [-0.2, -0.15) is 9.57 Å². The van der Waals surface area contributed by atoms with Gasteiger partial charge < -0.3 is 5.11 Å². The summed E-state index contributed by atoms with van der Waals surface area (Å²) < 4.78 is 26.4. The van der Waals surface area contributed by atoms with E-state index < -0.39 is 21.5 Å². The van der Waals surface area contributed by atoms with Crippen LogP contribution < -0.4 is 0 Å². The average Bonchev–Trinajstić information content (AvgIpc) is 2.96. The Balaban J connectivity index is 2.15. The second-order valence-electron chi connectivity index (χ2n) is 5.48. The van der Waals surface area contributed by atoms with Gasteiger partial charge in [-0.15, -0.1) is 11.3 Å². The highest BCUT2D eigenvalue weighted by atomic mass is 32.2. The molecule has 9 heteroatoms. The highest BCUT2D eigenvalue weighted by Gasteiger charge is 2.39. The highest BCUT2D eigenvalue weighted by molar-refractivity contribution is 7.89. The van der Waals surface area contributed by atoms with Crippen molar-refractivity contribution < 1.29 is 18.3 Å². The first-order chi connectivity index (χ1) is 10.2. The number of hydrogen-bond acceptors (Lipinski definition) is 6. The van der Waals surface area contributed by atoms with Crippen molar-refractivity contribution in [3.63, 3.8) is 0 Å². The molecule has 0 saturated carbocycles. The Hall–Kier alpha value is -1.47. The largest absolute Gasteiger partial charge is 0.480 e.